The van der Waals surface area contributed by atoms with Crippen LogP contribution in [-0.4, -0.2) is 29.0 Å². The predicted molar refractivity (Wildman–Crippen MR) is 65.5 cm³/mol. The Labute approximate surface area is 97.8 Å². The fourth-order valence-electron chi connectivity index (χ4n) is 2.14. The molecule has 4 heteroatoms. The Kier molecular flexibility index (Phi) is 4.96. The Balaban J connectivity index is 2.50. The van der Waals surface area contributed by atoms with Gasteiger partial charge in [0.15, 0.2) is 0 Å². The van der Waals surface area contributed by atoms with Crippen LogP contribution < -0.4 is 11.2 Å². The number of carbonyl (C=O) groups is 1. The first-order valence-corrected chi connectivity index (χ1v) is 6.01. The van der Waals surface area contributed by atoms with Gasteiger partial charge in [-0.2, -0.15) is 0 Å². The number of nitrogens with two attached hydrogens (primary N) is 1. The summed E-state index contributed by atoms with van der Waals surface area (Å²) in [6.45, 7) is 7.85. The zero-order valence-corrected chi connectivity index (χ0v) is 10.3. The van der Waals surface area contributed by atoms with Gasteiger partial charge in [0.25, 0.3) is 5.91 Å². The first-order chi connectivity index (χ1) is 7.56. The van der Waals surface area contributed by atoms with Gasteiger partial charge in [-0.1, -0.05) is 12.5 Å². The van der Waals surface area contributed by atoms with Crippen LogP contribution in [0.5, 0.6) is 0 Å². The maximum absolute atomic E-state index is 11.8. The van der Waals surface area contributed by atoms with Gasteiger partial charge in [-0.15, -0.1) is 6.58 Å². The Bertz CT molecular complexity index is 245. The van der Waals surface area contributed by atoms with Crippen molar-refractivity contribution in [2.75, 3.05) is 0 Å². The van der Waals surface area contributed by atoms with Crippen LogP contribution in [0.4, 0.5) is 0 Å². The first-order valence-electron chi connectivity index (χ1n) is 6.01. The number of nitrogens with one attached hydrogen (secondary N) is 1. The maximum atomic E-state index is 11.8. The van der Waals surface area contributed by atoms with Crippen LogP contribution in [0.3, 0.4) is 0 Å². The van der Waals surface area contributed by atoms with E-state index in [9.17, 15) is 4.79 Å². The quantitative estimate of drug-likeness (QED) is 0.706. The van der Waals surface area contributed by atoms with Crippen molar-refractivity contribution in [1.82, 2.24) is 10.4 Å². The van der Waals surface area contributed by atoms with Crippen molar-refractivity contribution < 1.29 is 4.79 Å². The van der Waals surface area contributed by atoms with Crippen LogP contribution in [0.25, 0.3) is 0 Å². The van der Waals surface area contributed by atoms with E-state index in [1.54, 1.807) is 6.08 Å². The first kappa shape index (κ1) is 13.2. The molecule has 0 radical (unpaired) electrons. The summed E-state index contributed by atoms with van der Waals surface area (Å²) >= 11 is 0. The molecule has 0 aromatic heterocycles. The third-order valence-electron chi connectivity index (χ3n) is 3.19. The highest BCUT2D eigenvalue weighted by atomic mass is 16.2. The Morgan fingerprint density at radius 1 is 1.56 bits per heavy atom. The second kappa shape index (κ2) is 6.01. The number of hydrogen-bond donors (Lipinski definition) is 2. The van der Waals surface area contributed by atoms with E-state index >= 15 is 0 Å². The molecule has 3 unspecified atom stereocenters. The number of amides is 1. The van der Waals surface area contributed by atoms with Crippen molar-refractivity contribution in [3.63, 3.8) is 0 Å². The molecule has 0 aliphatic carbocycles. The van der Waals surface area contributed by atoms with E-state index in [0.29, 0.717) is 18.5 Å². The molecule has 4 nitrogen and oxygen atoms in total. The molecule has 3 N–H and O–H groups in total. The van der Waals surface area contributed by atoms with E-state index in [4.69, 9.17) is 5.73 Å². The van der Waals surface area contributed by atoms with Crippen LogP contribution in [-0.2, 0) is 4.79 Å². The summed E-state index contributed by atoms with van der Waals surface area (Å²) in [4.78, 5) is 11.8. The largest absolute Gasteiger partial charge is 0.320 e. The highest BCUT2D eigenvalue weighted by Crippen LogP contribution is 2.20. The Morgan fingerprint density at radius 3 is 2.62 bits per heavy atom. The summed E-state index contributed by atoms with van der Waals surface area (Å²) in [5.74, 6) is -0.111. The summed E-state index contributed by atoms with van der Waals surface area (Å²) in [5.41, 5.74) is 8.65. The van der Waals surface area contributed by atoms with E-state index < -0.39 is 6.04 Å². The van der Waals surface area contributed by atoms with Gasteiger partial charge in [-0.25, -0.2) is 5.01 Å². The number of hydrogen-bond acceptors (Lipinski definition) is 3. The number of nitrogens with zero attached hydrogens (tertiary/aromatic N) is 1. The molecule has 1 rings (SSSR count). The second-order valence-electron chi connectivity index (χ2n) is 4.64. The summed E-state index contributed by atoms with van der Waals surface area (Å²) in [5, 5.41) is 2.04. The van der Waals surface area contributed by atoms with Crippen molar-refractivity contribution in [2.24, 2.45) is 5.73 Å². The number of carbonyl (C=O) groups excluding carboxylic acids is 1. The third kappa shape index (κ3) is 3.32. The molecule has 1 aliphatic rings. The lowest BCUT2D eigenvalue weighted by atomic mass is 10.00. The average molecular weight is 225 g/mol. The Hall–Kier alpha value is -0.870. The molecule has 1 heterocycles. The van der Waals surface area contributed by atoms with Gasteiger partial charge in [-0.05, 0) is 33.1 Å². The van der Waals surface area contributed by atoms with Crippen LogP contribution in [0.1, 0.15) is 39.5 Å². The highest BCUT2D eigenvalue weighted by Gasteiger charge is 2.27. The normalized spacial score (nSPS) is 28.4. The average Bonchev–Trinajstić information content (AvgIpc) is 2.23. The van der Waals surface area contributed by atoms with E-state index in [1.807, 2.05) is 5.01 Å². The fraction of sp³-hybridized carbons (Fsp3) is 0.750. The smallest absolute Gasteiger partial charge is 0.251 e. The highest BCUT2D eigenvalue weighted by molar-refractivity contribution is 5.81. The zero-order valence-electron chi connectivity index (χ0n) is 10.3. The van der Waals surface area contributed by atoms with Crippen molar-refractivity contribution >= 4 is 5.91 Å². The minimum atomic E-state index is -0.487. The lowest BCUT2D eigenvalue weighted by Crippen LogP contribution is -2.57. The molecule has 0 bridgehead atoms. The number of hydrazine groups is 1. The van der Waals surface area contributed by atoms with Crippen molar-refractivity contribution in [1.29, 1.82) is 0 Å². The molecular formula is C12H23N3O. The third-order valence-corrected chi connectivity index (χ3v) is 3.19. The summed E-state index contributed by atoms with van der Waals surface area (Å²) < 4.78 is 0. The summed E-state index contributed by atoms with van der Waals surface area (Å²) in [7, 11) is 0. The number of rotatable bonds is 4. The monoisotopic (exact) mass is 225 g/mol. The van der Waals surface area contributed by atoms with E-state index in [1.165, 1.54) is 6.42 Å². The van der Waals surface area contributed by atoms with Gasteiger partial charge < -0.3 is 5.73 Å². The van der Waals surface area contributed by atoms with Crippen molar-refractivity contribution in [3.8, 4) is 0 Å². The fourth-order valence-corrected chi connectivity index (χ4v) is 2.14. The molecule has 0 spiro atoms. The lowest BCUT2D eigenvalue weighted by molar-refractivity contribution is -0.130. The number of piperidine rings is 1. The second-order valence-corrected chi connectivity index (χ2v) is 4.64. The van der Waals surface area contributed by atoms with Gasteiger partial charge in [0.2, 0.25) is 0 Å². The SMILES string of the molecule is C=CCC(N)C(=O)NN1C(C)CCCC1C. The van der Waals surface area contributed by atoms with Gasteiger partial charge in [0.1, 0.15) is 0 Å². The predicted octanol–water partition coefficient (Wildman–Crippen LogP) is 1.18. The van der Waals surface area contributed by atoms with Gasteiger partial charge in [-0.3, -0.25) is 10.2 Å². The van der Waals surface area contributed by atoms with Crippen molar-refractivity contribution in [3.05, 3.63) is 12.7 Å². The molecule has 0 saturated carbocycles. The lowest BCUT2D eigenvalue weighted by Gasteiger charge is -2.39. The molecule has 16 heavy (non-hydrogen) atoms. The standard InChI is InChI=1S/C12H23N3O/c1-4-6-11(13)12(16)14-15-9(2)7-5-8-10(15)3/h4,9-11H,1,5-8,13H2,2-3H3,(H,14,16). The zero-order chi connectivity index (χ0) is 12.1. The summed E-state index contributed by atoms with van der Waals surface area (Å²) in [6, 6.07) is 0.297. The van der Waals surface area contributed by atoms with Gasteiger partial charge in [0.05, 0.1) is 6.04 Å². The minimum absolute atomic E-state index is 0.111. The Morgan fingerprint density at radius 2 is 2.12 bits per heavy atom. The van der Waals surface area contributed by atoms with Gasteiger partial charge in [0, 0.05) is 12.1 Å². The molecule has 1 amide bonds. The van der Waals surface area contributed by atoms with Crippen molar-refractivity contribution in [2.45, 2.75) is 57.7 Å². The molecule has 0 aromatic rings. The topological polar surface area (TPSA) is 58.4 Å². The van der Waals surface area contributed by atoms with Crippen LogP contribution in [0, 0.1) is 0 Å². The van der Waals surface area contributed by atoms with Crippen LogP contribution >= 0.6 is 0 Å². The van der Waals surface area contributed by atoms with E-state index in [-0.39, 0.29) is 5.91 Å². The van der Waals surface area contributed by atoms with Crippen LogP contribution in [0.2, 0.25) is 0 Å². The van der Waals surface area contributed by atoms with Gasteiger partial charge >= 0.3 is 0 Å². The molecule has 3 atom stereocenters. The summed E-state index contributed by atoms with van der Waals surface area (Å²) in [6.07, 6.45) is 5.67. The maximum Gasteiger partial charge on any atom is 0.251 e. The molecule has 1 saturated heterocycles. The molecule has 1 aliphatic heterocycles. The molecule has 92 valence electrons. The molecule has 1 fully saturated rings. The van der Waals surface area contributed by atoms with Crippen LogP contribution in [0.15, 0.2) is 12.7 Å². The van der Waals surface area contributed by atoms with E-state index in [2.05, 4.69) is 25.9 Å². The molecular weight excluding hydrogens is 202 g/mol. The van der Waals surface area contributed by atoms with E-state index in [0.717, 1.165) is 12.8 Å². The molecule has 0 aromatic carbocycles. The minimum Gasteiger partial charge on any atom is -0.320 e.